The Morgan fingerprint density at radius 3 is 2.95 bits per heavy atom. The topological polar surface area (TPSA) is 91.5 Å². The normalized spacial score (nSPS) is 9.00. The van der Waals surface area contributed by atoms with Crippen molar-refractivity contribution in [2.45, 2.75) is 19.5 Å². The van der Waals surface area contributed by atoms with Crippen LogP contribution in [0.25, 0.3) is 0 Å². The molecule has 0 aliphatic heterocycles. The molecule has 6 heteroatoms. The molecule has 1 aromatic carbocycles. The molecule has 0 spiro atoms. The molecular weight excluding hydrogens is 246 g/mol. The fourth-order valence-corrected chi connectivity index (χ4v) is 1.38. The largest absolute Gasteiger partial charge is 0.448 e. The SMILES string of the molecule is N#CCCOC(=O)NCc1cccc(CN=C=O)c1. The predicted octanol–water partition coefficient (Wildman–Crippen LogP) is 1.66. The van der Waals surface area contributed by atoms with Crippen LogP contribution in [0.3, 0.4) is 0 Å². The van der Waals surface area contributed by atoms with Gasteiger partial charge in [0.1, 0.15) is 6.61 Å². The molecule has 1 N–H and O–H groups in total. The predicted molar refractivity (Wildman–Crippen MR) is 66.7 cm³/mol. The van der Waals surface area contributed by atoms with Crippen LogP contribution in [0.2, 0.25) is 0 Å². The van der Waals surface area contributed by atoms with Crippen molar-refractivity contribution in [1.82, 2.24) is 5.32 Å². The van der Waals surface area contributed by atoms with E-state index in [0.717, 1.165) is 11.1 Å². The molecule has 1 amide bonds. The van der Waals surface area contributed by atoms with Crippen molar-refractivity contribution >= 4 is 12.2 Å². The Hall–Kier alpha value is -2.64. The van der Waals surface area contributed by atoms with Crippen molar-refractivity contribution < 1.29 is 14.3 Å². The highest BCUT2D eigenvalue weighted by molar-refractivity contribution is 5.67. The van der Waals surface area contributed by atoms with Crippen LogP contribution >= 0.6 is 0 Å². The van der Waals surface area contributed by atoms with Gasteiger partial charge in [0.05, 0.1) is 19.0 Å². The van der Waals surface area contributed by atoms with E-state index in [1.807, 2.05) is 30.3 Å². The van der Waals surface area contributed by atoms with E-state index in [2.05, 4.69) is 10.3 Å². The summed E-state index contributed by atoms with van der Waals surface area (Å²) in [4.78, 5) is 24.7. The van der Waals surface area contributed by atoms with Gasteiger partial charge in [-0.05, 0) is 11.1 Å². The van der Waals surface area contributed by atoms with Crippen LogP contribution in [0, 0.1) is 11.3 Å². The molecule has 1 aromatic rings. The van der Waals surface area contributed by atoms with Gasteiger partial charge in [-0.1, -0.05) is 24.3 Å². The van der Waals surface area contributed by atoms with E-state index in [1.54, 1.807) is 0 Å². The second kappa shape index (κ2) is 8.45. The van der Waals surface area contributed by atoms with Gasteiger partial charge in [-0.15, -0.1) is 0 Å². The molecule has 0 aliphatic carbocycles. The summed E-state index contributed by atoms with van der Waals surface area (Å²) in [6, 6.07) is 9.19. The molecule has 0 saturated carbocycles. The fraction of sp³-hybridized carbons (Fsp3) is 0.308. The van der Waals surface area contributed by atoms with Gasteiger partial charge in [-0.25, -0.2) is 14.6 Å². The van der Waals surface area contributed by atoms with Crippen molar-refractivity contribution in [3.8, 4) is 6.07 Å². The number of hydrogen-bond acceptors (Lipinski definition) is 5. The second-order valence-electron chi connectivity index (χ2n) is 3.63. The smallest absolute Gasteiger partial charge is 0.407 e. The molecule has 6 nitrogen and oxygen atoms in total. The lowest BCUT2D eigenvalue weighted by Crippen LogP contribution is -2.24. The van der Waals surface area contributed by atoms with Crippen molar-refractivity contribution in [1.29, 1.82) is 5.26 Å². The van der Waals surface area contributed by atoms with Crippen LogP contribution in [-0.2, 0) is 22.6 Å². The number of nitrogens with one attached hydrogen (secondary N) is 1. The number of isocyanates is 1. The molecule has 19 heavy (non-hydrogen) atoms. The molecule has 0 saturated heterocycles. The lowest BCUT2D eigenvalue weighted by molar-refractivity contribution is 0.148. The van der Waals surface area contributed by atoms with E-state index >= 15 is 0 Å². The Bertz CT molecular complexity index is 516. The third kappa shape index (κ3) is 6.01. The molecular formula is C13H13N3O3. The van der Waals surface area contributed by atoms with Gasteiger partial charge in [0, 0.05) is 6.54 Å². The van der Waals surface area contributed by atoms with E-state index < -0.39 is 6.09 Å². The van der Waals surface area contributed by atoms with Crippen molar-refractivity contribution in [2.24, 2.45) is 4.99 Å². The lowest BCUT2D eigenvalue weighted by atomic mass is 10.1. The Balaban J connectivity index is 2.42. The van der Waals surface area contributed by atoms with Crippen molar-refractivity contribution in [2.75, 3.05) is 6.61 Å². The maximum absolute atomic E-state index is 11.2. The maximum atomic E-state index is 11.2. The third-order valence-corrected chi connectivity index (χ3v) is 2.20. The van der Waals surface area contributed by atoms with E-state index in [0.29, 0.717) is 6.54 Å². The summed E-state index contributed by atoms with van der Waals surface area (Å²) >= 11 is 0. The Morgan fingerprint density at radius 2 is 2.21 bits per heavy atom. The Morgan fingerprint density at radius 1 is 1.42 bits per heavy atom. The van der Waals surface area contributed by atoms with Gasteiger partial charge < -0.3 is 10.1 Å². The average molecular weight is 259 g/mol. The molecule has 0 aliphatic rings. The first kappa shape index (κ1) is 14.4. The number of benzene rings is 1. The van der Waals surface area contributed by atoms with Gasteiger partial charge in [0.2, 0.25) is 6.08 Å². The Labute approximate surface area is 110 Å². The molecule has 0 bridgehead atoms. The number of aliphatic imine (C=N–C) groups is 1. The number of alkyl carbamates (subject to hydrolysis) is 1. The number of nitriles is 1. The van der Waals surface area contributed by atoms with Crippen LogP contribution in [0.5, 0.6) is 0 Å². The molecule has 0 atom stereocenters. The molecule has 0 fully saturated rings. The number of nitrogens with zero attached hydrogens (tertiary/aromatic N) is 2. The maximum Gasteiger partial charge on any atom is 0.407 e. The number of carbonyl (C=O) groups excluding carboxylic acids is 2. The summed E-state index contributed by atoms with van der Waals surface area (Å²) in [5, 5.41) is 10.9. The highest BCUT2D eigenvalue weighted by Crippen LogP contribution is 2.06. The molecule has 0 aromatic heterocycles. The van der Waals surface area contributed by atoms with Crippen LogP contribution in [0.15, 0.2) is 29.3 Å². The highest BCUT2D eigenvalue weighted by Gasteiger charge is 2.02. The average Bonchev–Trinajstić information content (AvgIpc) is 2.44. The zero-order chi connectivity index (χ0) is 13.9. The van der Waals surface area contributed by atoms with Crippen molar-refractivity contribution in [3.63, 3.8) is 0 Å². The second-order valence-corrected chi connectivity index (χ2v) is 3.63. The summed E-state index contributed by atoms with van der Waals surface area (Å²) in [5.41, 5.74) is 1.73. The molecule has 0 radical (unpaired) electrons. The van der Waals surface area contributed by atoms with Crippen LogP contribution in [0.1, 0.15) is 17.5 Å². The third-order valence-electron chi connectivity index (χ3n) is 2.20. The van der Waals surface area contributed by atoms with Gasteiger partial charge in [0.15, 0.2) is 0 Å². The minimum atomic E-state index is -0.563. The quantitative estimate of drug-likeness (QED) is 0.477. The van der Waals surface area contributed by atoms with E-state index in [-0.39, 0.29) is 19.6 Å². The highest BCUT2D eigenvalue weighted by atomic mass is 16.5. The van der Waals surface area contributed by atoms with E-state index in [9.17, 15) is 9.59 Å². The summed E-state index contributed by atoms with van der Waals surface area (Å²) in [5.74, 6) is 0. The number of hydrogen-bond donors (Lipinski definition) is 1. The molecule has 0 unspecified atom stereocenters. The first-order chi connectivity index (χ1) is 9.26. The minimum absolute atomic E-state index is 0.0798. The lowest BCUT2D eigenvalue weighted by Gasteiger charge is -2.06. The Kier molecular flexibility index (Phi) is 6.41. The summed E-state index contributed by atoms with van der Waals surface area (Å²) in [6.07, 6.45) is 1.08. The number of ether oxygens (including phenoxy) is 1. The van der Waals surface area contributed by atoms with Crippen LogP contribution < -0.4 is 5.32 Å². The van der Waals surface area contributed by atoms with E-state index in [1.165, 1.54) is 6.08 Å². The van der Waals surface area contributed by atoms with Crippen molar-refractivity contribution in [3.05, 3.63) is 35.4 Å². The van der Waals surface area contributed by atoms with Gasteiger partial charge >= 0.3 is 6.09 Å². The minimum Gasteiger partial charge on any atom is -0.448 e. The standard InChI is InChI=1S/C13H13N3O3/c14-5-2-6-19-13(18)16-9-12-4-1-3-11(7-12)8-15-10-17/h1,3-4,7H,2,6,8-9H2,(H,16,18). The van der Waals surface area contributed by atoms with Gasteiger partial charge in [0.25, 0.3) is 0 Å². The number of carbonyl (C=O) groups is 1. The number of amides is 1. The molecule has 98 valence electrons. The zero-order valence-electron chi connectivity index (χ0n) is 10.3. The molecule has 1 rings (SSSR count). The monoisotopic (exact) mass is 259 g/mol. The fourth-order valence-electron chi connectivity index (χ4n) is 1.38. The van der Waals surface area contributed by atoms with E-state index in [4.69, 9.17) is 10.00 Å². The van der Waals surface area contributed by atoms with Gasteiger partial charge in [-0.2, -0.15) is 5.26 Å². The summed E-state index contributed by atoms with van der Waals surface area (Å²) in [6.45, 7) is 0.657. The number of rotatable bonds is 6. The first-order valence-corrected chi connectivity index (χ1v) is 5.65. The molecule has 0 heterocycles. The zero-order valence-corrected chi connectivity index (χ0v) is 10.3. The van der Waals surface area contributed by atoms with Crippen LogP contribution in [-0.4, -0.2) is 18.8 Å². The summed E-state index contributed by atoms with van der Waals surface area (Å²) in [7, 11) is 0. The van der Waals surface area contributed by atoms with Crippen LogP contribution in [0.4, 0.5) is 4.79 Å². The first-order valence-electron chi connectivity index (χ1n) is 5.65. The van der Waals surface area contributed by atoms with Gasteiger partial charge in [-0.3, -0.25) is 0 Å². The summed E-state index contributed by atoms with van der Waals surface area (Å²) < 4.78 is 4.76.